The van der Waals surface area contributed by atoms with Gasteiger partial charge >= 0.3 is 17.5 Å². The van der Waals surface area contributed by atoms with E-state index >= 15 is 0 Å². The number of rotatable bonds is 5. The van der Waals surface area contributed by atoms with E-state index in [1.165, 1.54) is 18.2 Å². The van der Waals surface area contributed by atoms with Crippen molar-refractivity contribution in [1.82, 2.24) is 10.2 Å². The summed E-state index contributed by atoms with van der Waals surface area (Å²) in [6.07, 6.45) is -1.06. The van der Waals surface area contributed by atoms with Crippen LogP contribution < -0.4 is 4.57 Å². The minimum absolute atomic E-state index is 0.0373. The molecule has 1 aromatic heterocycles. The smallest absolute Gasteiger partial charge is 0.230 e. The summed E-state index contributed by atoms with van der Waals surface area (Å²) < 4.78 is 103. The van der Waals surface area contributed by atoms with Crippen LogP contribution in [0.25, 0.3) is 11.4 Å². The second-order valence-corrected chi connectivity index (χ2v) is 11.4. The Morgan fingerprint density at radius 3 is 2.12 bits per heavy atom. The molecule has 5 rings (SSSR count). The summed E-state index contributed by atoms with van der Waals surface area (Å²) in [5, 5.41) is 7.12. The summed E-state index contributed by atoms with van der Waals surface area (Å²) >= 11 is 0. The number of hydrogen-bond acceptors (Lipinski definition) is 3. The monoisotopic (exact) mass is 496 g/mol. The quantitative estimate of drug-likeness (QED) is 0.476. The topological polar surface area (TPSA) is 66.7 Å². The predicted molar refractivity (Wildman–Crippen MR) is 106 cm³/mol. The van der Waals surface area contributed by atoms with Crippen LogP contribution in [0.4, 0.5) is 26.3 Å². The average molecular weight is 496 g/mol. The summed E-state index contributed by atoms with van der Waals surface area (Å²) in [7, 11) is -3.50. The number of nitrogens with one attached hydrogen (secondary N) is 1. The second kappa shape index (κ2) is 7.71. The van der Waals surface area contributed by atoms with Gasteiger partial charge in [-0.2, -0.15) is 26.3 Å². The highest BCUT2D eigenvalue weighted by molar-refractivity contribution is 7.92. The standard InChI is InChI=1S/C21H23F6N3O2S/c1-30-16(14-4-2-3-5-15(14)20(22,23)24)28-29-17(30)19-9-6-18(7-10-19,8-11-19)12-13-33(31,32)21(25,26)27/h2-5H,6-13H2,1H3/p+1. The summed E-state index contributed by atoms with van der Waals surface area (Å²) in [6.45, 7) is 0. The van der Waals surface area contributed by atoms with E-state index in [1.54, 1.807) is 11.6 Å². The molecule has 3 fully saturated rings. The van der Waals surface area contributed by atoms with Crippen LogP contribution in [0.1, 0.15) is 56.3 Å². The lowest BCUT2D eigenvalue weighted by atomic mass is 9.52. The molecule has 0 aliphatic heterocycles. The molecule has 1 N–H and O–H groups in total. The van der Waals surface area contributed by atoms with Gasteiger partial charge in [-0.3, -0.25) is 0 Å². The third-order valence-electron chi connectivity index (χ3n) is 7.55. The zero-order valence-electron chi connectivity index (χ0n) is 17.9. The molecule has 5 nitrogen and oxygen atoms in total. The summed E-state index contributed by atoms with van der Waals surface area (Å²) in [4.78, 5) is 0. The van der Waals surface area contributed by atoms with E-state index in [0.717, 1.165) is 6.07 Å². The number of nitrogens with zero attached hydrogens (tertiary/aromatic N) is 2. The van der Waals surface area contributed by atoms with Crippen LogP contribution in [0.3, 0.4) is 0 Å². The molecule has 3 saturated carbocycles. The number of hydrogen-bond donors (Lipinski definition) is 1. The molecular formula is C21H24F6N3O2S+. The minimum atomic E-state index is -5.25. The van der Waals surface area contributed by atoms with Gasteiger partial charge in [0.25, 0.3) is 0 Å². The molecule has 33 heavy (non-hydrogen) atoms. The Hall–Kier alpha value is -2.11. The Kier molecular flexibility index (Phi) is 5.61. The molecule has 2 aromatic rings. The first-order chi connectivity index (χ1) is 15.2. The molecule has 0 saturated heterocycles. The minimum Gasteiger partial charge on any atom is -0.230 e. The van der Waals surface area contributed by atoms with Crippen molar-refractivity contribution in [3.8, 4) is 11.4 Å². The van der Waals surface area contributed by atoms with Crippen molar-refractivity contribution in [2.75, 3.05) is 5.75 Å². The molecule has 0 amide bonds. The molecule has 3 aliphatic rings. The highest BCUT2D eigenvalue weighted by Gasteiger charge is 2.55. The molecule has 3 aliphatic carbocycles. The molecule has 1 heterocycles. The second-order valence-electron chi connectivity index (χ2n) is 9.29. The van der Waals surface area contributed by atoms with Crippen LogP contribution in [0.2, 0.25) is 0 Å². The Morgan fingerprint density at radius 1 is 1.00 bits per heavy atom. The molecule has 0 radical (unpaired) electrons. The maximum absolute atomic E-state index is 13.5. The van der Waals surface area contributed by atoms with Gasteiger partial charge in [-0.25, -0.2) is 13.0 Å². The van der Waals surface area contributed by atoms with Gasteiger partial charge in [0.05, 0.1) is 29.3 Å². The predicted octanol–water partition coefficient (Wildman–Crippen LogP) is 4.84. The van der Waals surface area contributed by atoms with Gasteiger partial charge in [0.1, 0.15) is 0 Å². The average Bonchev–Trinajstić information content (AvgIpc) is 3.14. The SMILES string of the molecule is C[n+]1c(-c2ccccc2C(F)(F)F)n[nH]c1C12CCC(CCS(=O)(=O)C(F)(F)F)(CC1)CC2. The van der Waals surface area contributed by atoms with Crippen molar-refractivity contribution in [3.63, 3.8) is 0 Å². The van der Waals surface area contributed by atoms with Crippen LogP contribution in [-0.4, -0.2) is 29.9 Å². The van der Waals surface area contributed by atoms with Crippen LogP contribution in [0.15, 0.2) is 24.3 Å². The zero-order valence-corrected chi connectivity index (χ0v) is 18.7. The first-order valence-electron chi connectivity index (χ1n) is 10.6. The van der Waals surface area contributed by atoms with E-state index in [9.17, 15) is 34.8 Å². The van der Waals surface area contributed by atoms with Crippen molar-refractivity contribution in [2.45, 2.75) is 62.0 Å². The number of H-pyrrole nitrogens is 1. The van der Waals surface area contributed by atoms with Crippen molar-refractivity contribution in [3.05, 3.63) is 35.7 Å². The van der Waals surface area contributed by atoms with Crippen molar-refractivity contribution in [2.24, 2.45) is 12.5 Å². The Balaban J connectivity index is 1.56. The summed E-state index contributed by atoms with van der Waals surface area (Å²) in [5.74, 6) is -0.0728. The normalized spacial score (nSPS) is 26.0. The van der Waals surface area contributed by atoms with Crippen LogP contribution in [0, 0.1) is 5.41 Å². The van der Waals surface area contributed by atoms with E-state index < -0.39 is 38.3 Å². The van der Waals surface area contributed by atoms with Gasteiger partial charge in [0.15, 0.2) is 0 Å². The van der Waals surface area contributed by atoms with Gasteiger partial charge < -0.3 is 0 Å². The highest BCUT2D eigenvalue weighted by Crippen LogP contribution is 2.58. The first kappa shape index (κ1) is 24.0. The number of fused-ring (bicyclic) bond motifs is 3. The molecule has 1 aromatic carbocycles. The fourth-order valence-corrected chi connectivity index (χ4v) is 6.40. The van der Waals surface area contributed by atoms with E-state index in [2.05, 4.69) is 10.2 Å². The van der Waals surface area contributed by atoms with E-state index in [0.29, 0.717) is 44.3 Å². The molecular weight excluding hydrogens is 472 g/mol. The number of alkyl halides is 6. The first-order valence-corrected chi connectivity index (χ1v) is 12.3. The zero-order chi connectivity index (χ0) is 24.3. The van der Waals surface area contributed by atoms with E-state index in [4.69, 9.17) is 0 Å². The Bertz CT molecular complexity index is 1130. The fourth-order valence-electron chi connectivity index (χ4n) is 5.46. The summed E-state index contributed by atoms with van der Waals surface area (Å²) in [6, 6.07) is 5.21. The largest absolute Gasteiger partial charge is 0.497 e. The maximum Gasteiger partial charge on any atom is 0.497 e. The fraction of sp³-hybridized carbons (Fsp3) is 0.619. The molecule has 12 heteroatoms. The van der Waals surface area contributed by atoms with Crippen molar-refractivity contribution >= 4 is 9.84 Å². The molecule has 2 bridgehead atoms. The van der Waals surface area contributed by atoms with Crippen LogP contribution in [0.5, 0.6) is 0 Å². The van der Waals surface area contributed by atoms with Gasteiger partial charge in [-0.15, -0.1) is 5.10 Å². The highest BCUT2D eigenvalue weighted by atomic mass is 32.2. The van der Waals surface area contributed by atoms with Crippen molar-refractivity contribution < 1.29 is 39.3 Å². The third kappa shape index (κ3) is 4.15. The summed E-state index contributed by atoms with van der Waals surface area (Å²) in [5.41, 5.74) is -6.90. The Morgan fingerprint density at radius 2 is 1.58 bits per heavy atom. The van der Waals surface area contributed by atoms with E-state index in [-0.39, 0.29) is 23.2 Å². The van der Waals surface area contributed by atoms with Crippen LogP contribution >= 0.6 is 0 Å². The third-order valence-corrected chi connectivity index (χ3v) is 9.00. The van der Waals surface area contributed by atoms with E-state index in [1.807, 2.05) is 0 Å². The van der Waals surface area contributed by atoms with Gasteiger partial charge in [0.2, 0.25) is 15.7 Å². The maximum atomic E-state index is 13.5. The molecule has 0 atom stereocenters. The van der Waals surface area contributed by atoms with Gasteiger partial charge in [-0.1, -0.05) is 12.1 Å². The number of aromatic nitrogens is 3. The Labute approximate surface area is 187 Å². The lowest BCUT2D eigenvalue weighted by Crippen LogP contribution is -2.51. The molecule has 0 unspecified atom stereocenters. The van der Waals surface area contributed by atoms with Crippen LogP contribution in [-0.2, 0) is 28.5 Å². The molecule has 182 valence electrons. The van der Waals surface area contributed by atoms with Crippen molar-refractivity contribution in [1.29, 1.82) is 0 Å². The van der Waals surface area contributed by atoms with Gasteiger partial charge in [0, 0.05) is 5.10 Å². The number of sulfone groups is 1. The number of benzene rings is 1. The number of aromatic amines is 1. The lowest BCUT2D eigenvalue weighted by Gasteiger charge is -2.52. The van der Waals surface area contributed by atoms with Gasteiger partial charge in [-0.05, 0) is 62.5 Å². The number of halogens is 6. The molecule has 0 spiro atoms. The lowest BCUT2D eigenvalue weighted by molar-refractivity contribution is -0.673.